The van der Waals surface area contributed by atoms with Gasteiger partial charge < -0.3 is 14.8 Å². The van der Waals surface area contributed by atoms with Crippen LogP contribution in [0.1, 0.15) is 0 Å². The first kappa shape index (κ1) is 16.9. The Hall–Kier alpha value is -1.16. The van der Waals surface area contributed by atoms with E-state index in [1.165, 1.54) is 26.4 Å². The predicted octanol–water partition coefficient (Wildman–Crippen LogP) is 2.83. The molecule has 0 unspecified atom stereocenters. The molecule has 0 aliphatic heterocycles. The summed E-state index contributed by atoms with van der Waals surface area (Å²) >= 11 is 5.07. The number of benzene rings is 1. The number of carbonyl (C=O) groups excluding carboxylic acids is 2. The van der Waals surface area contributed by atoms with E-state index in [1.807, 2.05) is 22.6 Å². The van der Waals surface area contributed by atoms with Gasteiger partial charge in [-0.25, -0.2) is 14.0 Å². The largest absolute Gasteiger partial charge is 0.466 e. The lowest BCUT2D eigenvalue weighted by Gasteiger charge is -2.11. The van der Waals surface area contributed by atoms with Crippen molar-refractivity contribution in [2.45, 2.75) is 0 Å². The fourth-order valence-electron chi connectivity index (χ4n) is 1.20. The average molecular weight is 458 g/mol. The standard InChI is InChI=1S/C12H10BrFINO4/c1-19-11(17)5-10(12(18)20-2)16-9-4-7(14)8(15)3-6(9)13/h3-5,16H,1-2H3/b10-5+. The minimum Gasteiger partial charge on any atom is -0.466 e. The van der Waals surface area contributed by atoms with E-state index in [9.17, 15) is 14.0 Å². The van der Waals surface area contributed by atoms with Gasteiger partial charge in [0.15, 0.2) is 0 Å². The monoisotopic (exact) mass is 457 g/mol. The van der Waals surface area contributed by atoms with Crippen molar-refractivity contribution in [3.05, 3.63) is 37.8 Å². The third kappa shape index (κ3) is 4.44. The first-order valence-corrected chi connectivity index (χ1v) is 7.05. The van der Waals surface area contributed by atoms with E-state index in [4.69, 9.17) is 0 Å². The van der Waals surface area contributed by atoms with E-state index < -0.39 is 17.8 Å². The SMILES string of the molecule is COC(=O)/C=C(/Nc1cc(F)c(I)cc1Br)C(=O)OC. The van der Waals surface area contributed by atoms with Crippen LogP contribution in [0.5, 0.6) is 0 Å². The van der Waals surface area contributed by atoms with Crippen LogP contribution < -0.4 is 5.32 Å². The lowest BCUT2D eigenvalue weighted by molar-refractivity contribution is -0.138. The fraction of sp³-hybridized carbons (Fsp3) is 0.167. The third-order valence-corrected chi connectivity index (χ3v) is 3.63. The zero-order valence-corrected chi connectivity index (χ0v) is 14.2. The van der Waals surface area contributed by atoms with Crippen LogP contribution >= 0.6 is 38.5 Å². The number of hydrogen-bond donors (Lipinski definition) is 1. The van der Waals surface area contributed by atoms with Crippen molar-refractivity contribution in [2.24, 2.45) is 0 Å². The molecule has 0 saturated heterocycles. The van der Waals surface area contributed by atoms with Crippen molar-refractivity contribution in [1.82, 2.24) is 0 Å². The topological polar surface area (TPSA) is 64.6 Å². The number of hydrogen-bond acceptors (Lipinski definition) is 5. The molecule has 1 aromatic rings. The van der Waals surface area contributed by atoms with E-state index in [2.05, 4.69) is 30.7 Å². The number of anilines is 1. The lowest BCUT2D eigenvalue weighted by Crippen LogP contribution is -2.16. The molecule has 1 aromatic carbocycles. The summed E-state index contributed by atoms with van der Waals surface area (Å²) < 4.78 is 23.4. The van der Waals surface area contributed by atoms with Crippen molar-refractivity contribution in [1.29, 1.82) is 0 Å². The number of rotatable bonds is 4. The predicted molar refractivity (Wildman–Crippen MR) is 82.6 cm³/mol. The van der Waals surface area contributed by atoms with Crippen molar-refractivity contribution in [3.63, 3.8) is 0 Å². The van der Waals surface area contributed by atoms with Crippen LogP contribution in [-0.2, 0) is 19.1 Å². The molecule has 0 radical (unpaired) electrons. The maximum absolute atomic E-state index is 13.5. The second-order valence-corrected chi connectivity index (χ2v) is 5.46. The molecular formula is C12H10BrFINO4. The molecule has 0 spiro atoms. The highest BCUT2D eigenvalue weighted by Gasteiger charge is 2.15. The van der Waals surface area contributed by atoms with Gasteiger partial charge in [-0.05, 0) is 50.7 Å². The van der Waals surface area contributed by atoms with Gasteiger partial charge in [-0.2, -0.15) is 0 Å². The van der Waals surface area contributed by atoms with Crippen LogP contribution in [0.4, 0.5) is 10.1 Å². The van der Waals surface area contributed by atoms with Gasteiger partial charge in [0.1, 0.15) is 11.5 Å². The van der Waals surface area contributed by atoms with Gasteiger partial charge in [0.05, 0.1) is 29.6 Å². The van der Waals surface area contributed by atoms with Crippen molar-refractivity contribution in [2.75, 3.05) is 19.5 Å². The van der Waals surface area contributed by atoms with Crippen LogP contribution in [0.15, 0.2) is 28.4 Å². The first-order valence-electron chi connectivity index (χ1n) is 5.18. The highest BCUT2D eigenvalue weighted by atomic mass is 127. The quantitative estimate of drug-likeness (QED) is 0.326. The van der Waals surface area contributed by atoms with E-state index in [-0.39, 0.29) is 11.4 Å². The average Bonchev–Trinajstić information content (AvgIpc) is 2.42. The van der Waals surface area contributed by atoms with Gasteiger partial charge in [0.25, 0.3) is 0 Å². The zero-order chi connectivity index (χ0) is 15.3. The van der Waals surface area contributed by atoms with Crippen LogP contribution in [0.25, 0.3) is 0 Å². The second kappa shape index (κ2) is 7.58. The Bertz CT molecular complexity index is 577. The van der Waals surface area contributed by atoms with Crippen LogP contribution in [0.3, 0.4) is 0 Å². The van der Waals surface area contributed by atoms with Crippen molar-refractivity contribution in [3.8, 4) is 0 Å². The van der Waals surface area contributed by atoms with Crippen molar-refractivity contribution >= 4 is 56.1 Å². The van der Waals surface area contributed by atoms with Gasteiger partial charge in [-0.1, -0.05) is 0 Å². The lowest BCUT2D eigenvalue weighted by atomic mass is 10.3. The highest BCUT2D eigenvalue weighted by Crippen LogP contribution is 2.28. The molecule has 0 amide bonds. The summed E-state index contributed by atoms with van der Waals surface area (Å²) in [5.74, 6) is -1.97. The molecule has 0 bridgehead atoms. The molecule has 1 N–H and O–H groups in total. The normalized spacial score (nSPS) is 10.9. The molecule has 0 aliphatic rings. The summed E-state index contributed by atoms with van der Waals surface area (Å²) in [7, 11) is 2.34. The Labute approximate surface area is 136 Å². The maximum atomic E-state index is 13.5. The summed E-state index contributed by atoms with van der Waals surface area (Å²) in [4.78, 5) is 22.8. The van der Waals surface area contributed by atoms with Crippen LogP contribution in [0.2, 0.25) is 0 Å². The van der Waals surface area contributed by atoms with E-state index in [0.717, 1.165) is 6.08 Å². The molecule has 108 valence electrons. The Morgan fingerprint density at radius 1 is 1.35 bits per heavy atom. The van der Waals surface area contributed by atoms with E-state index in [0.29, 0.717) is 8.04 Å². The Balaban J connectivity index is 3.14. The Kier molecular flexibility index (Phi) is 6.40. The highest BCUT2D eigenvalue weighted by molar-refractivity contribution is 14.1. The Morgan fingerprint density at radius 3 is 2.55 bits per heavy atom. The minimum atomic E-state index is -0.777. The zero-order valence-electron chi connectivity index (χ0n) is 10.5. The second-order valence-electron chi connectivity index (χ2n) is 3.44. The van der Waals surface area contributed by atoms with E-state index in [1.54, 1.807) is 0 Å². The van der Waals surface area contributed by atoms with Gasteiger partial charge in [0, 0.05) is 4.47 Å². The smallest absolute Gasteiger partial charge is 0.354 e. The summed E-state index contributed by atoms with van der Waals surface area (Å²) in [6.07, 6.45) is 0.925. The van der Waals surface area contributed by atoms with Gasteiger partial charge >= 0.3 is 11.9 Å². The summed E-state index contributed by atoms with van der Waals surface area (Å²) in [6, 6.07) is 2.73. The van der Waals surface area contributed by atoms with Gasteiger partial charge in [-0.15, -0.1) is 0 Å². The number of halogens is 3. The molecule has 0 aliphatic carbocycles. The number of esters is 2. The van der Waals surface area contributed by atoms with Crippen molar-refractivity contribution < 1.29 is 23.5 Å². The molecule has 5 nitrogen and oxygen atoms in total. The van der Waals surface area contributed by atoms with Gasteiger partial charge in [-0.3, -0.25) is 0 Å². The van der Waals surface area contributed by atoms with Crippen LogP contribution in [-0.4, -0.2) is 26.2 Å². The number of carbonyl (C=O) groups is 2. The van der Waals surface area contributed by atoms with E-state index >= 15 is 0 Å². The molecule has 0 heterocycles. The summed E-state index contributed by atoms with van der Waals surface area (Å²) in [5.41, 5.74) is 0.115. The first-order chi connectivity index (χ1) is 9.38. The summed E-state index contributed by atoms with van der Waals surface area (Å²) in [6.45, 7) is 0. The molecule has 8 heteroatoms. The number of methoxy groups -OCH3 is 2. The molecule has 20 heavy (non-hydrogen) atoms. The Morgan fingerprint density at radius 2 is 2.00 bits per heavy atom. The summed E-state index contributed by atoms with van der Waals surface area (Å²) in [5, 5.41) is 2.63. The molecule has 1 rings (SSSR count). The third-order valence-electron chi connectivity index (χ3n) is 2.15. The molecule has 0 saturated carbocycles. The number of nitrogens with one attached hydrogen (secondary N) is 1. The molecular weight excluding hydrogens is 448 g/mol. The van der Waals surface area contributed by atoms with Gasteiger partial charge in [0.2, 0.25) is 0 Å². The minimum absolute atomic E-state index is 0.166. The molecule has 0 aromatic heterocycles. The number of ether oxygens (including phenoxy) is 2. The fourth-order valence-corrected chi connectivity index (χ4v) is 2.53. The molecule has 0 fully saturated rings. The maximum Gasteiger partial charge on any atom is 0.354 e. The van der Waals surface area contributed by atoms with Crippen LogP contribution in [0, 0.1) is 9.39 Å². The molecule has 0 atom stereocenters.